The average Bonchev–Trinajstić information content (AvgIpc) is 2.64. The van der Waals surface area contributed by atoms with Crippen LogP contribution in [0.15, 0.2) is 24.3 Å². The van der Waals surface area contributed by atoms with E-state index < -0.39 is 0 Å². The van der Waals surface area contributed by atoms with Gasteiger partial charge in [0.05, 0.1) is 6.61 Å². The van der Waals surface area contributed by atoms with Crippen LogP contribution >= 0.6 is 0 Å². The fraction of sp³-hybridized carbons (Fsp3) is 0.667. The molecule has 1 aromatic carbocycles. The highest BCUT2D eigenvalue weighted by Gasteiger charge is 2.23. The van der Waals surface area contributed by atoms with Gasteiger partial charge in [0.25, 0.3) is 0 Å². The maximum atomic E-state index is 5.47. The summed E-state index contributed by atoms with van der Waals surface area (Å²) in [7, 11) is 1.80. The Labute approximate surface area is 129 Å². The lowest BCUT2D eigenvalue weighted by atomic mass is 10.0. The van der Waals surface area contributed by atoms with Gasteiger partial charge in [0.2, 0.25) is 0 Å². The molecule has 0 aromatic heterocycles. The Morgan fingerprint density at radius 3 is 2.62 bits per heavy atom. The number of methoxy groups -OCH3 is 1. The van der Waals surface area contributed by atoms with Gasteiger partial charge in [-0.1, -0.05) is 24.3 Å². The van der Waals surface area contributed by atoms with Crippen LogP contribution in [0.25, 0.3) is 0 Å². The van der Waals surface area contributed by atoms with Gasteiger partial charge in [0, 0.05) is 31.8 Å². The minimum absolute atomic E-state index is 0.149. The smallest absolute Gasteiger partial charge is 0.0630 e. The van der Waals surface area contributed by atoms with Crippen LogP contribution < -0.4 is 5.32 Å². The minimum Gasteiger partial charge on any atom is -0.383 e. The predicted octanol–water partition coefficient (Wildman–Crippen LogP) is 2.84. The molecule has 3 heteroatoms. The summed E-state index contributed by atoms with van der Waals surface area (Å²) in [5.74, 6) is 0. The van der Waals surface area contributed by atoms with Crippen molar-refractivity contribution in [2.75, 3.05) is 26.8 Å². The maximum absolute atomic E-state index is 5.47. The van der Waals surface area contributed by atoms with Crippen molar-refractivity contribution in [1.82, 2.24) is 10.2 Å². The normalized spacial score (nSPS) is 18.1. The lowest BCUT2D eigenvalue weighted by molar-refractivity contribution is 0.0814. The van der Waals surface area contributed by atoms with Crippen LogP contribution in [0.1, 0.15) is 38.3 Å². The Balaban J connectivity index is 2.06. The van der Waals surface area contributed by atoms with Gasteiger partial charge in [0.15, 0.2) is 0 Å². The van der Waals surface area contributed by atoms with Crippen LogP contribution in [0.2, 0.25) is 0 Å². The third-order valence-corrected chi connectivity index (χ3v) is 4.13. The molecule has 0 fully saturated rings. The lowest BCUT2D eigenvalue weighted by Crippen LogP contribution is -2.49. The highest BCUT2D eigenvalue weighted by Crippen LogP contribution is 2.20. The van der Waals surface area contributed by atoms with Gasteiger partial charge in [-0.25, -0.2) is 0 Å². The molecule has 1 aliphatic rings. The van der Waals surface area contributed by atoms with Gasteiger partial charge in [-0.05, 0) is 51.3 Å². The first-order valence-electron chi connectivity index (χ1n) is 8.04. The summed E-state index contributed by atoms with van der Waals surface area (Å²) in [6, 6.07) is 9.29. The molecule has 0 spiro atoms. The molecule has 1 unspecified atom stereocenters. The number of ether oxygens (including phenoxy) is 1. The monoisotopic (exact) mass is 290 g/mol. The van der Waals surface area contributed by atoms with E-state index in [1.807, 2.05) is 0 Å². The highest BCUT2D eigenvalue weighted by atomic mass is 16.5. The molecule has 118 valence electrons. The van der Waals surface area contributed by atoms with E-state index in [1.54, 1.807) is 7.11 Å². The first kappa shape index (κ1) is 16.5. The van der Waals surface area contributed by atoms with Crippen molar-refractivity contribution in [3.8, 4) is 0 Å². The molecule has 1 aromatic rings. The van der Waals surface area contributed by atoms with E-state index in [2.05, 4.69) is 55.3 Å². The Hall–Kier alpha value is -0.900. The molecule has 0 bridgehead atoms. The third-order valence-electron chi connectivity index (χ3n) is 4.13. The van der Waals surface area contributed by atoms with Crippen LogP contribution in [-0.2, 0) is 17.7 Å². The van der Waals surface area contributed by atoms with Crippen LogP contribution in [0, 0.1) is 0 Å². The molecule has 1 atom stereocenters. The first-order valence-corrected chi connectivity index (χ1v) is 8.04. The second kappa shape index (κ2) is 7.39. The molecule has 3 nitrogen and oxygen atoms in total. The van der Waals surface area contributed by atoms with Crippen LogP contribution in [-0.4, -0.2) is 43.3 Å². The summed E-state index contributed by atoms with van der Waals surface area (Å²) < 4.78 is 5.47. The third kappa shape index (κ3) is 5.10. The molecular weight excluding hydrogens is 260 g/mol. The first-order chi connectivity index (χ1) is 9.99. The van der Waals surface area contributed by atoms with Crippen molar-refractivity contribution in [2.45, 2.75) is 51.7 Å². The molecule has 0 saturated heterocycles. The van der Waals surface area contributed by atoms with Crippen LogP contribution in [0.4, 0.5) is 0 Å². The van der Waals surface area contributed by atoms with E-state index in [9.17, 15) is 0 Å². The summed E-state index contributed by atoms with van der Waals surface area (Å²) in [6.45, 7) is 10.6. The van der Waals surface area contributed by atoms with E-state index in [4.69, 9.17) is 4.74 Å². The zero-order valence-corrected chi connectivity index (χ0v) is 14.0. The van der Waals surface area contributed by atoms with E-state index in [1.165, 1.54) is 24.0 Å². The molecule has 1 N–H and O–H groups in total. The molecule has 0 aliphatic carbocycles. The number of fused-ring (bicyclic) bond motifs is 1. The summed E-state index contributed by atoms with van der Waals surface area (Å²) in [6.07, 6.45) is 2.42. The second-order valence-electron chi connectivity index (χ2n) is 7.08. The standard InChI is InChI=1S/C18H30N2O/c1-18(2,3)19-12-17(14-21-4)20-11-7-10-15-8-5-6-9-16(15)13-20/h5-6,8-9,17,19H,7,10-14H2,1-4H3. The molecule has 0 saturated carbocycles. The molecule has 0 amide bonds. The lowest BCUT2D eigenvalue weighted by Gasteiger charge is -2.33. The summed E-state index contributed by atoms with van der Waals surface area (Å²) in [5, 5.41) is 3.63. The topological polar surface area (TPSA) is 24.5 Å². The zero-order chi connectivity index (χ0) is 15.3. The van der Waals surface area contributed by atoms with Gasteiger partial charge in [0.1, 0.15) is 0 Å². The van der Waals surface area contributed by atoms with E-state index in [-0.39, 0.29) is 5.54 Å². The van der Waals surface area contributed by atoms with E-state index in [0.717, 1.165) is 26.2 Å². The maximum Gasteiger partial charge on any atom is 0.0630 e. The number of nitrogens with zero attached hydrogens (tertiary/aromatic N) is 1. The predicted molar refractivity (Wildman–Crippen MR) is 88.6 cm³/mol. The Kier molecular flexibility index (Phi) is 5.80. The van der Waals surface area contributed by atoms with Crippen molar-refractivity contribution >= 4 is 0 Å². The second-order valence-corrected chi connectivity index (χ2v) is 7.08. The molecular formula is C18H30N2O. The van der Waals surface area contributed by atoms with Crippen LogP contribution in [0.3, 0.4) is 0 Å². The summed E-state index contributed by atoms with van der Waals surface area (Å²) in [5.41, 5.74) is 3.14. The minimum atomic E-state index is 0.149. The molecule has 1 heterocycles. The summed E-state index contributed by atoms with van der Waals surface area (Å²) in [4.78, 5) is 2.58. The Morgan fingerprint density at radius 1 is 1.24 bits per heavy atom. The Morgan fingerprint density at radius 2 is 1.95 bits per heavy atom. The number of nitrogens with one attached hydrogen (secondary N) is 1. The van der Waals surface area contributed by atoms with Gasteiger partial charge >= 0.3 is 0 Å². The van der Waals surface area contributed by atoms with E-state index in [0.29, 0.717) is 6.04 Å². The van der Waals surface area contributed by atoms with Crippen molar-refractivity contribution in [2.24, 2.45) is 0 Å². The molecule has 2 rings (SSSR count). The van der Waals surface area contributed by atoms with Crippen molar-refractivity contribution in [1.29, 1.82) is 0 Å². The number of aryl methyl sites for hydroxylation is 1. The average molecular weight is 290 g/mol. The molecule has 1 aliphatic heterocycles. The highest BCUT2D eigenvalue weighted by molar-refractivity contribution is 5.28. The molecule has 0 radical (unpaired) electrons. The van der Waals surface area contributed by atoms with Gasteiger partial charge < -0.3 is 10.1 Å². The van der Waals surface area contributed by atoms with Crippen molar-refractivity contribution in [3.05, 3.63) is 35.4 Å². The van der Waals surface area contributed by atoms with Gasteiger partial charge in [-0.3, -0.25) is 4.90 Å². The van der Waals surface area contributed by atoms with Gasteiger partial charge in [-0.2, -0.15) is 0 Å². The van der Waals surface area contributed by atoms with Crippen molar-refractivity contribution in [3.63, 3.8) is 0 Å². The largest absolute Gasteiger partial charge is 0.383 e. The quantitative estimate of drug-likeness (QED) is 0.902. The van der Waals surface area contributed by atoms with Gasteiger partial charge in [-0.15, -0.1) is 0 Å². The fourth-order valence-corrected chi connectivity index (χ4v) is 2.95. The number of benzene rings is 1. The number of hydrogen-bond donors (Lipinski definition) is 1. The number of hydrogen-bond acceptors (Lipinski definition) is 3. The van der Waals surface area contributed by atoms with Crippen molar-refractivity contribution < 1.29 is 4.74 Å². The molecule has 21 heavy (non-hydrogen) atoms. The summed E-state index contributed by atoms with van der Waals surface area (Å²) >= 11 is 0. The fourth-order valence-electron chi connectivity index (χ4n) is 2.95. The Bertz CT molecular complexity index is 439. The SMILES string of the molecule is COCC(CNC(C)(C)C)N1CCCc2ccccc2C1. The number of rotatable bonds is 5. The zero-order valence-electron chi connectivity index (χ0n) is 14.0. The van der Waals surface area contributed by atoms with E-state index >= 15 is 0 Å². The van der Waals surface area contributed by atoms with Crippen LogP contribution in [0.5, 0.6) is 0 Å².